The second kappa shape index (κ2) is 5.82. The Morgan fingerprint density at radius 2 is 2.20 bits per heavy atom. The van der Waals surface area contributed by atoms with Gasteiger partial charge in [0.1, 0.15) is 0 Å². The summed E-state index contributed by atoms with van der Waals surface area (Å²) < 4.78 is 4.85. The van der Waals surface area contributed by atoms with E-state index in [1.165, 1.54) is 6.33 Å². The molecule has 0 atom stereocenters. The molecule has 0 aliphatic rings. The number of nitrogens with one attached hydrogen (secondary N) is 1. The van der Waals surface area contributed by atoms with Crippen LogP contribution in [-0.2, 0) is 6.42 Å². The van der Waals surface area contributed by atoms with E-state index in [0.29, 0.717) is 18.9 Å². The molecule has 0 spiro atoms. The summed E-state index contributed by atoms with van der Waals surface area (Å²) >= 11 is 0. The SMILES string of the molecule is CCC(O)(CC)CNCCc1ncno1. The molecule has 1 heterocycles. The fourth-order valence-electron chi connectivity index (χ4n) is 1.32. The highest BCUT2D eigenvalue weighted by molar-refractivity contribution is 4.80. The summed E-state index contributed by atoms with van der Waals surface area (Å²) in [7, 11) is 0. The normalized spacial score (nSPS) is 11.9. The fraction of sp³-hybridized carbons (Fsp3) is 0.800. The maximum Gasteiger partial charge on any atom is 0.227 e. The van der Waals surface area contributed by atoms with Gasteiger partial charge in [0.2, 0.25) is 5.89 Å². The van der Waals surface area contributed by atoms with Gasteiger partial charge in [0, 0.05) is 19.5 Å². The van der Waals surface area contributed by atoms with Crippen molar-refractivity contribution in [2.75, 3.05) is 13.1 Å². The van der Waals surface area contributed by atoms with Gasteiger partial charge < -0.3 is 14.9 Å². The lowest BCUT2D eigenvalue weighted by Crippen LogP contribution is -2.40. The molecule has 0 radical (unpaired) electrons. The van der Waals surface area contributed by atoms with Crippen LogP contribution < -0.4 is 5.32 Å². The first kappa shape index (κ1) is 12.1. The van der Waals surface area contributed by atoms with Crippen LogP contribution in [0.25, 0.3) is 0 Å². The van der Waals surface area contributed by atoms with E-state index in [2.05, 4.69) is 15.5 Å². The lowest BCUT2D eigenvalue weighted by Gasteiger charge is -2.25. The van der Waals surface area contributed by atoms with Gasteiger partial charge in [-0.05, 0) is 12.8 Å². The van der Waals surface area contributed by atoms with E-state index in [-0.39, 0.29) is 0 Å². The molecule has 5 nitrogen and oxygen atoms in total. The zero-order valence-electron chi connectivity index (χ0n) is 9.36. The van der Waals surface area contributed by atoms with Crippen LogP contribution in [0.4, 0.5) is 0 Å². The average Bonchev–Trinajstić information content (AvgIpc) is 2.77. The molecule has 15 heavy (non-hydrogen) atoms. The molecule has 0 saturated carbocycles. The molecule has 0 unspecified atom stereocenters. The molecule has 2 N–H and O–H groups in total. The molecular formula is C10H19N3O2. The summed E-state index contributed by atoms with van der Waals surface area (Å²) in [5.74, 6) is 0.624. The number of aromatic nitrogens is 2. The summed E-state index contributed by atoms with van der Waals surface area (Å²) in [6.45, 7) is 5.32. The molecule has 5 heteroatoms. The van der Waals surface area contributed by atoms with Gasteiger partial charge in [0.25, 0.3) is 0 Å². The van der Waals surface area contributed by atoms with E-state index in [1.54, 1.807) is 0 Å². The van der Waals surface area contributed by atoms with Crippen LogP contribution in [0.1, 0.15) is 32.6 Å². The number of aliphatic hydroxyl groups is 1. The molecule has 1 aromatic heterocycles. The van der Waals surface area contributed by atoms with E-state index >= 15 is 0 Å². The monoisotopic (exact) mass is 213 g/mol. The minimum Gasteiger partial charge on any atom is -0.389 e. The van der Waals surface area contributed by atoms with Crippen LogP contribution >= 0.6 is 0 Å². The van der Waals surface area contributed by atoms with Crippen LogP contribution in [0.15, 0.2) is 10.9 Å². The minimum absolute atomic E-state index is 0.588. The maximum atomic E-state index is 9.97. The Balaban J connectivity index is 2.16. The van der Waals surface area contributed by atoms with Crippen molar-refractivity contribution in [1.82, 2.24) is 15.5 Å². The first-order chi connectivity index (χ1) is 7.20. The molecule has 0 amide bonds. The second-order valence-corrected chi connectivity index (χ2v) is 3.69. The van der Waals surface area contributed by atoms with Crippen molar-refractivity contribution in [2.24, 2.45) is 0 Å². The smallest absolute Gasteiger partial charge is 0.227 e. The Morgan fingerprint density at radius 3 is 2.73 bits per heavy atom. The average molecular weight is 213 g/mol. The van der Waals surface area contributed by atoms with Gasteiger partial charge in [-0.3, -0.25) is 0 Å². The molecular weight excluding hydrogens is 194 g/mol. The lowest BCUT2D eigenvalue weighted by atomic mass is 9.98. The van der Waals surface area contributed by atoms with Crippen molar-refractivity contribution < 1.29 is 9.63 Å². The zero-order chi connectivity index (χ0) is 11.1. The highest BCUT2D eigenvalue weighted by Crippen LogP contribution is 2.12. The third-order valence-electron chi connectivity index (χ3n) is 2.69. The summed E-state index contributed by atoms with van der Waals surface area (Å²) in [4.78, 5) is 3.91. The van der Waals surface area contributed by atoms with Crippen molar-refractivity contribution in [3.05, 3.63) is 12.2 Å². The molecule has 0 saturated heterocycles. The highest BCUT2D eigenvalue weighted by Gasteiger charge is 2.20. The van der Waals surface area contributed by atoms with E-state index in [4.69, 9.17) is 4.52 Å². The van der Waals surface area contributed by atoms with Gasteiger partial charge in [0.05, 0.1) is 5.60 Å². The molecule has 1 rings (SSSR count). The minimum atomic E-state index is -0.588. The van der Waals surface area contributed by atoms with Crippen molar-refractivity contribution in [3.8, 4) is 0 Å². The zero-order valence-corrected chi connectivity index (χ0v) is 9.36. The Labute approximate surface area is 89.9 Å². The van der Waals surface area contributed by atoms with Crippen molar-refractivity contribution in [3.63, 3.8) is 0 Å². The topological polar surface area (TPSA) is 71.2 Å². The second-order valence-electron chi connectivity index (χ2n) is 3.69. The van der Waals surface area contributed by atoms with Crippen LogP contribution in [0.3, 0.4) is 0 Å². The van der Waals surface area contributed by atoms with Crippen LogP contribution in [-0.4, -0.2) is 33.9 Å². The van der Waals surface area contributed by atoms with E-state index in [9.17, 15) is 5.11 Å². The van der Waals surface area contributed by atoms with Gasteiger partial charge >= 0.3 is 0 Å². The standard InChI is InChI=1S/C10H19N3O2/c1-3-10(14,4-2)7-11-6-5-9-12-8-13-15-9/h8,11,14H,3-7H2,1-2H3. The van der Waals surface area contributed by atoms with Gasteiger partial charge in [-0.25, -0.2) is 0 Å². The van der Waals surface area contributed by atoms with Gasteiger partial charge in [-0.15, -0.1) is 0 Å². The van der Waals surface area contributed by atoms with Crippen LogP contribution in [0.5, 0.6) is 0 Å². The number of hydrogen-bond acceptors (Lipinski definition) is 5. The van der Waals surface area contributed by atoms with Crippen molar-refractivity contribution in [1.29, 1.82) is 0 Å². The molecule has 86 valence electrons. The van der Waals surface area contributed by atoms with Gasteiger partial charge in [-0.2, -0.15) is 4.98 Å². The van der Waals surface area contributed by atoms with Crippen LogP contribution in [0.2, 0.25) is 0 Å². The number of hydrogen-bond donors (Lipinski definition) is 2. The third-order valence-corrected chi connectivity index (χ3v) is 2.69. The molecule has 0 bridgehead atoms. The molecule has 1 aromatic rings. The maximum absolute atomic E-state index is 9.97. The largest absolute Gasteiger partial charge is 0.389 e. The molecule has 0 aliphatic heterocycles. The van der Waals surface area contributed by atoms with E-state index in [0.717, 1.165) is 19.4 Å². The van der Waals surface area contributed by atoms with Gasteiger partial charge in [-0.1, -0.05) is 19.0 Å². The Hall–Kier alpha value is -0.940. The lowest BCUT2D eigenvalue weighted by molar-refractivity contribution is 0.0327. The summed E-state index contributed by atoms with van der Waals surface area (Å²) in [5.41, 5.74) is -0.588. The first-order valence-corrected chi connectivity index (χ1v) is 5.39. The number of rotatable bonds is 7. The quantitative estimate of drug-likeness (QED) is 0.654. The van der Waals surface area contributed by atoms with Crippen molar-refractivity contribution >= 4 is 0 Å². The summed E-state index contributed by atoms with van der Waals surface area (Å²) in [5, 5.41) is 16.7. The Kier molecular flexibility index (Phi) is 4.71. The molecule has 0 fully saturated rings. The third kappa shape index (κ3) is 3.97. The highest BCUT2D eigenvalue weighted by atomic mass is 16.5. The molecule has 0 aromatic carbocycles. The predicted octanol–water partition coefficient (Wildman–Crippen LogP) is 0.753. The summed E-state index contributed by atoms with van der Waals surface area (Å²) in [6, 6.07) is 0. The van der Waals surface area contributed by atoms with Crippen LogP contribution in [0, 0.1) is 0 Å². The van der Waals surface area contributed by atoms with Crippen molar-refractivity contribution in [2.45, 2.75) is 38.7 Å². The fourth-order valence-corrected chi connectivity index (χ4v) is 1.32. The van der Waals surface area contributed by atoms with E-state index < -0.39 is 5.60 Å². The Bertz CT molecular complexity index is 258. The van der Waals surface area contributed by atoms with Gasteiger partial charge in [0.15, 0.2) is 6.33 Å². The molecule has 0 aliphatic carbocycles. The predicted molar refractivity (Wildman–Crippen MR) is 56.4 cm³/mol. The number of nitrogens with zero attached hydrogens (tertiary/aromatic N) is 2. The summed E-state index contributed by atoms with van der Waals surface area (Å²) in [6.07, 6.45) is 3.61. The first-order valence-electron chi connectivity index (χ1n) is 5.39. The van der Waals surface area contributed by atoms with E-state index in [1.807, 2.05) is 13.8 Å². The Morgan fingerprint density at radius 1 is 1.47 bits per heavy atom.